The third-order valence-electron chi connectivity index (χ3n) is 6.97. The summed E-state index contributed by atoms with van der Waals surface area (Å²) in [5.74, 6) is -2.18. The molecule has 3 aliphatic heterocycles. The minimum atomic E-state index is -2.61. The molecule has 0 aliphatic carbocycles. The highest BCUT2D eigenvalue weighted by molar-refractivity contribution is 5.65. The Morgan fingerprint density at radius 3 is 2.83 bits per heavy atom. The smallest absolute Gasteiger partial charge is 0.262 e. The lowest BCUT2D eigenvalue weighted by Gasteiger charge is -2.44. The van der Waals surface area contributed by atoms with Gasteiger partial charge in [-0.15, -0.1) is 0 Å². The number of anilines is 1. The van der Waals surface area contributed by atoms with E-state index in [9.17, 15) is 8.78 Å². The molecular formula is C20H28F2N6O. The first-order chi connectivity index (χ1) is 13.9. The molecule has 0 unspecified atom stereocenters. The van der Waals surface area contributed by atoms with Crippen LogP contribution in [0, 0.1) is 0 Å². The Hall–Kier alpha value is -1.84. The number of nitrogens with zero attached hydrogens (tertiary/aromatic N) is 5. The predicted molar refractivity (Wildman–Crippen MR) is 105 cm³/mol. The summed E-state index contributed by atoms with van der Waals surface area (Å²) in [6, 6.07) is 3.87. The zero-order valence-corrected chi connectivity index (χ0v) is 16.7. The molecule has 3 aliphatic rings. The van der Waals surface area contributed by atoms with Gasteiger partial charge in [0.25, 0.3) is 5.92 Å². The number of aromatic nitrogens is 3. The van der Waals surface area contributed by atoms with Gasteiger partial charge in [-0.3, -0.25) is 4.90 Å². The van der Waals surface area contributed by atoms with Crippen LogP contribution in [-0.4, -0.2) is 75.2 Å². The Kier molecular flexibility index (Phi) is 4.52. The second-order valence-electron chi connectivity index (χ2n) is 8.97. The van der Waals surface area contributed by atoms with Crippen LogP contribution in [0.2, 0.25) is 0 Å². The number of hydrogen-bond acceptors (Lipinski definition) is 6. The lowest BCUT2D eigenvalue weighted by molar-refractivity contribution is -0.0155. The molecule has 2 aromatic heterocycles. The van der Waals surface area contributed by atoms with E-state index in [1.165, 1.54) is 6.33 Å². The van der Waals surface area contributed by atoms with Crippen LogP contribution >= 0.6 is 0 Å². The van der Waals surface area contributed by atoms with E-state index in [1.807, 2.05) is 17.0 Å². The van der Waals surface area contributed by atoms with Crippen molar-refractivity contribution < 1.29 is 13.5 Å². The van der Waals surface area contributed by atoms with Crippen LogP contribution in [-0.2, 0) is 4.74 Å². The number of ether oxygens (including phenoxy) is 1. The monoisotopic (exact) mass is 406 g/mol. The van der Waals surface area contributed by atoms with Crippen molar-refractivity contribution in [2.75, 3.05) is 39.0 Å². The number of fused-ring (bicyclic) bond motifs is 1. The second kappa shape index (κ2) is 6.85. The van der Waals surface area contributed by atoms with Gasteiger partial charge >= 0.3 is 0 Å². The van der Waals surface area contributed by atoms with E-state index in [0.29, 0.717) is 12.4 Å². The second-order valence-corrected chi connectivity index (χ2v) is 8.97. The molecule has 0 bridgehead atoms. The molecule has 0 amide bonds. The fourth-order valence-corrected chi connectivity index (χ4v) is 5.40. The number of nitrogen functional groups attached to an aromatic ring is 1. The highest BCUT2D eigenvalue weighted by Gasteiger charge is 2.55. The van der Waals surface area contributed by atoms with E-state index in [4.69, 9.17) is 10.5 Å². The molecule has 7 nitrogen and oxygen atoms in total. The van der Waals surface area contributed by atoms with Crippen LogP contribution < -0.4 is 5.73 Å². The van der Waals surface area contributed by atoms with Crippen LogP contribution in [0.15, 0.2) is 18.5 Å². The summed E-state index contributed by atoms with van der Waals surface area (Å²) in [7, 11) is 2.06. The Morgan fingerprint density at radius 1 is 1.24 bits per heavy atom. The normalized spacial score (nSPS) is 29.9. The first kappa shape index (κ1) is 19.1. The number of halogens is 2. The fraction of sp³-hybridized carbons (Fsp3) is 0.700. The molecule has 9 heteroatoms. The Bertz CT molecular complexity index is 894. The van der Waals surface area contributed by atoms with E-state index in [2.05, 4.69) is 22.0 Å². The van der Waals surface area contributed by atoms with Gasteiger partial charge in [0.15, 0.2) is 5.82 Å². The fourth-order valence-electron chi connectivity index (χ4n) is 5.40. The van der Waals surface area contributed by atoms with Gasteiger partial charge in [-0.2, -0.15) is 5.10 Å². The molecule has 5 heterocycles. The summed E-state index contributed by atoms with van der Waals surface area (Å²) in [4.78, 5) is 8.28. The van der Waals surface area contributed by atoms with Crippen molar-refractivity contribution in [3.63, 3.8) is 0 Å². The van der Waals surface area contributed by atoms with Gasteiger partial charge in [0.1, 0.15) is 17.9 Å². The molecule has 5 rings (SSSR count). The Labute approximate surface area is 168 Å². The molecule has 1 spiro atoms. The molecule has 2 N–H and O–H groups in total. The molecule has 158 valence electrons. The average Bonchev–Trinajstić information content (AvgIpc) is 3.35. The molecule has 3 saturated heterocycles. The molecule has 0 aromatic carbocycles. The average molecular weight is 406 g/mol. The Morgan fingerprint density at radius 2 is 2.03 bits per heavy atom. The summed E-state index contributed by atoms with van der Waals surface area (Å²) in [5.41, 5.74) is 7.24. The van der Waals surface area contributed by atoms with Crippen LogP contribution in [0.3, 0.4) is 0 Å². The van der Waals surface area contributed by atoms with Gasteiger partial charge in [-0.25, -0.2) is 18.3 Å². The summed E-state index contributed by atoms with van der Waals surface area (Å²) in [5, 5.41) is 4.30. The van der Waals surface area contributed by atoms with Gasteiger partial charge in [0.05, 0.1) is 18.3 Å². The molecule has 0 saturated carbocycles. The van der Waals surface area contributed by atoms with Crippen molar-refractivity contribution in [3.8, 4) is 0 Å². The summed E-state index contributed by atoms with van der Waals surface area (Å²) in [6.45, 7) is 2.16. The van der Waals surface area contributed by atoms with Gasteiger partial charge in [0.2, 0.25) is 0 Å². The number of alkyl halides is 2. The molecule has 29 heavy (non-hydrogen) atoms. The van der Waals surface area contributed by atoms with Crippen molar-refractivity contribution in [2.24, 2.45) is 0 Å². The lowest BCUT2D eigenvalue weighted by atomic mass is 9.84. The zero-order valence-electron chi connectivity index (χ0n) is 16.7. The minimum Gasteiger partial charge on any atom is -0.382 e. The van der Waals surface area contributed by atoms with Crippen molar-refractivity contribution in [3.05, 3.63) is 24.2 Å². The van der Waals surface area contributed by atoms with Gasteiger partial charge < -0.3 is 15.4 Å². The van der Waals surface area contributed by atoms with Crippen LogP contribution in [0.25, 0.3) is 5.52 Å². The van der Waals surface area contributed by atoms with E-state index in [1.54, 1.807) is 4.52 Å². The van der Waals surface area contributed by atoms with Gasteiger partial charge in [-0.1, -0.05) is 0 Å². The zero-order chi connectivity index (χ0) is 20.2. The summed E-state index contributed by atoms with van der Waals surface area (Å²) >= 11 is 0. The van der Waals surface area contributed by atoms with Crippen molar-refractivity contribution >= 4 is 11.3 Å². The highest BCUT2D eigenvalue weighted by atomic mass is 19.3. The van der Waals surface area contributed by atoms with Crippen molar-refractivity contribution in [1.29, 1.82) is 0 Å². The SMILES string of the molecule is CN1CCC2(CC1)CC(F)(F)CN2C[C@@H]1CC[C@H](c2ccc3c(N)ncnn23)O1. The van der Waals surface area contributed by atoms with Crippen LogP contribution in [0.5, 0.6) is 0 Å². The molecule has 3 fully saturated rings. The maximum atomic E-state index is 14.4. The lowest BCUT2D eigenvalue weighted by Crippen LogP contribution is -2.53. The van der Waals surface area contributed by atoms with Gasteiger partial charge in [-0.05, 0) is 58.0 Å². The topological polar surface area (TPSA) is 71.9 Å². The molecule has 2 aromatic rings. The summed E-state index contributed by atoms with van der Waals surface area (Å²) in [6.07, 6.45) is 4.57. The minimum absolute atomic E-state index is 0.0243. The molecular weight excluding hydrogens is 378 g/mol. The number of piperidine rings is 1. The van der Waals surface area contributed by atoms with E-state index >= 15 is 0 Å². The standard InChI is InChI=1S/C20H28F2N6O/c1-26-8-6-19(7-9-26)11-20(21,22)12-27(19)10-14-2-5-17(29-14)15-3-4-16-18(23)24-13-25-28(15)16/h3-4,13-14,17H,2,5-12H2,1H3,(H2,23,24,25)/t14-,17+/m0/s1. The number of nitrogens with two attached hydrogens (primary N) is 1. The van der Waals surface area contributed by atoms with Crippen LogP contribution in [0.4, 0.5) is 14.6 Å². The highest BCUT2D eigenvalue weighted by Crippen LogP contribution is 2.46. The quantitative estimate of drug-likeness (QED) is 0.844. The van der Waals surface area contributed by atoms with Crippen LogP contribution in [0.1, 0.15) is 43.9 Å². The third-order valence-corrected chi connectivity index (χ3v) is 6.97. The third kappa shape index (κ3) is 3.39. The largest absolute Gasteiger partial charge is 0.382 e. The first-order valence-electron chi connectivity index (χ1n) is 10.4. The maximum Gasteiger partial charge on any atom is 0.262 e. The Balaban J connectivity index is 1.31. The van der Waals surface area contributed by atoms with Gasteiger partial charge in [0, 0.05) is 18.5 Å². The number of rotatable bonds is 3. The van der Waals surface area contributed by atoms with E-state index in [0.717, 1.165) is 50.0 Å². The predicted octanol–water partition coefficient (Wildman–Crippen LogP) is 2.34. The maximum absolute atomic E-state index is 14.4. The van der Waals surface area contributed by atoms with Crippen molar-refractivity contribution in [1.82, 2.24) is 24.4 Å². The summed E-state index contributed by atoms with van der Waals surface area (Å²) < 4.78 is 36.9. The number of likely N-dealkylation sites (tertiary alicyclic amines) is 2. The molecule has 2 atom stereocenters. The van der Waals surface area contributed by atoms with Crippen molar-refractivity contribution in [2.45, 2.75) is 55.8 Å². The van der Waals surface area contributed by atoms with E-state index < -0.39 is 5.92 Å². The first-order valence-corrected chi connectivity index (χ1v) is 10.4. The van der Waals surface area contributed by atoms with E-state index in [-0.39, 0.29) is 30.7 Å². The molecule has 0 radical (unpaired) electrons. The number of hydrogen-bond donors (Lipinski definition) is 1.